The molecule has 0 saturated carbocycles. The van der Waals surface area contributed by atoms with Crippen molar-refractivity contribution in [2.75, 3.05) is 20.2 Å². The van der Waals surface area contributed by atoms with E-state index in [1.54, 1.807) is 24.4 Å². The topological polar surface area (TPSA) is 69.5 Å². The van der Waals surface area contributed by atoms with Gasteiger partial charge in [0, 0.05) is 25.5 Å². The zero-order valence-electron chi connectivity index (χ0n) is 16.9. The Hall–Kier alpha value is -3.35. The van der Waals surface area contributed by atoms with Crippen molar-refractivity contribution in [3.05, 3.63) is 54.0 Å². The average Bonchev–Trinajstić information content (AvgIpc) is 3.13. The molecule has 7 nitrogen and oxygen atoms in total. The van der Waals surface area contributed by atoms with E-state index < -0.39 is 6.09 Å². The quantitative estimate of drug-likeness (QED) is 0.659. The molecule has 1 aliphatic carbocycles. The minimum atomic E-state index is -0.391. The molecule has 0 spiro atoms. The van der Waals surface area contributed by atoms with Gasteiger partial charge in [0.15, 0.2) is 0 Å². The smallest absolute Gasteiger partial charge is 0.416 e. The fourth-order valence-corrected chi connectivity index (χ4v) is 3.73. The van der Waals surface area contributed by atoms with Crippen molar-refractivity contribution in [3.8, 4) is 28.4 Å². The van der Waals surface area contributed by atoms with E-state index in [0.717, 1.165) is 46.7 Å². The summed E-state index contributed by atoms with van der Waals surface area (Å²) in [5, 5.41) is 4.68. The van der Waals surface area contributed by atoms with Gasteiger partial charge in [-0.25, -0.2) is 9.48 Å². The molecule has 0 radical (unpaired) electrons. The lowest BCUT2D eigenvalue weighted by atomic mass is 9.89. The highest BCUT2D eigenvalue weighted by Gasteiger charge is 2.29. The average molecular weight is 392 g/mol. The third-order valence-corrected chi connectivity index (χ3v) is 5.27. The molecule has 3 aromatic rings. The highest BCUT2D eigenvalue weighted by atomic mass is 16.6. The Kier molecular flexibility index (Phi) is 5.20. The maximum absolute atomic E-state index is 12.6. The van der Waals surface area contributed by atoms with Crippen LogP contribution in [0.3, 0.4) is 0 Å². The van der Waals surface area contributed by atoms with Gasteiger partial charge in [0.2, 0.25) is 0 Å². The van der Waals surface area contributed by atoms with Crippen LogP contribution in [0.1, 0.15) is 25.1 Å². The van der Waals surface area contributed by atoms with E-state index in [4.69, 9.17) is 9.47 Å². The lowest BCUT2D eigenvalue weighted by Crippen LogP contribution is -2.33. The standard InChI is InChI=1S/C22H24N4O3/c1-4-25(5-2)22(27)29-21-20-18-8-7-17(28-3)14-15(18)6-9-19(20)26(24-21)16-10-12-23-13-11-16/h7-8,10-14H,4-6,9H2,1-3H3. The minimum absolute atomic E-state index is 0.333. The predicted octanol–water partition coefficient (Wildman–Crippen LogP) is 3.88. The highest BCUT2D eigenvalue weighted by Crippen LogP contribution is 2.42. The molecule has 0 N–H and O–H groups in total. The first-order chi connectivity index (χ1) is 14.2. The Morgan fingerprint density at radius 3 is 2.59 bits per heavy atom. The second-order valence-electron chi connectivity index (χ2n) is 6.81. The van der Waals surface area contributed by atoms with Crippen molar-refractivity contribution >= 4 is 6.09 Å². The first kappa shape index (κ1) is 19.0. The second kappa shape index (κ2) is 7.95. The van der Waals surface area contributed by atoms with E-state index in [2.05, 4.69) is 10.1 Å². The first-order valence-corrected chi connectivity index (χ1v) is 9.82. The van der Waals surface area contributed by atoms with Gasteiger partial charge in [-0.3, -0.25) is 4.98 Å². The molecule has 29 heavy (non-hydrogen) atoms. The maximum Gasteiger partial charge on any atom is 0.416 e. The minimum Gasteiger partial charge on any atom is -0.497 e. The third-order valence-electron chi connectivity index (χ3n) is 5.27. The van der Waals surface area contributed by atoms with Crippen LogP contribution in [0.15, 0.2) is 42.7 Å². The summed E-state index contributed by atoms with van der Waals surface area (Å²) in [7, 11) is 1.66. The molecule has 2 aromatic heterocycles. The van der Waals surface area contributed by atoms with Crippen LogP contribution in [0, 0.1) is 0 Å². The van der Waals surface area contributed by atoms with Crippen LogP contribution in [0.2, 0.25) is 0 Å². The van der Waals surface area contributed by atoms with E-state index in [0.29, 0.717) is 19.0 Å². The third kappa shape index (κ3) is 3.44. The number of carbonyl (C=O) groups excluding carboxylic acids is 1. The van der Waals surface area contributed by atoms with Gasteiger partial charge in [0.1, 0.15) is 5.75 Å². The van der Waals surface area contributed by atoms with Crippen molar-refractivity contribution in [1.29, 1.82) is 0 Å². The normalized spacial score (nSPS) is 12.1. The predicted molar refractivity (Wildman–Crippen MR) is 110 cm³/mol. The Morgan fingerprint density at radius 2 is 1.90 bits per heavy atom. The molecule has 0 bridgehead atoms. The van der Waals surface area contributed by atoms with E-state index in [-0.39, 0.29) is 0 Å². The lowest BCUT2D eigenvalue weighted by Gasteiger charge is -2.20. The SMILES string of the molecule is CCN(CC)C(=O)Oc1nn(-c2ccncc2)c2c1-c1ccc(OC)cc1CC2. The number of aromatic nitrogens is 3. The van der Waals surface area contributed by atoms with Crippen molar-refractivity contribution in [2.45, 2.75) is 26.7 Å². The zero-order chi connectivity index (χ0) is 20.4. The van der Waals surface area contributed by atoms with Crippen molar-refractivity contribution in [3.63, 3.8) is 0 Å². The number of aryl methyl sites for hydroxylation is 1. The Bertz CT molecular complexity index is 1030. The number of carbonyl (C=O) groups is 1. The number of nitrogens with zero attached hydrogens (tertiary/aromatic N) is 4. The van der Waals surface area contributed by atoms with E-state index in [1.165, 1.54) is 0 Å². The van der Waals surface area contributed by atoms with Gasteiger partial charge >= 0.3 is 6.09 Å². The number of amides is 1. The van der Waals surface area contributed by atoms with Gasteiger partial charge in [0.05, 0.1) is 24.1 Å². The monoisotopic (exact) mass is 392 g/mol. The Labute approximate surface area is 169 Å². The van der Waals surface area contributed by atoms with Crippen molar-refractivity contribution in [2.24, 2.45) is 0 Å². The van der Waals surface area contributed by atoms with Crippen LogP contribution < -0.4 is 9.47 Å². The van der Waals surface area contributed by atoms with E-state index in [1.807, 2.05) is 48.9 Å². The number of benzene rings is 1. The van der Waals surface area contributed by atoms with Crippen LogP contribution in [0.25, 0.3) is 16.8 Å². The number of hydrogen-bond donors (Lipinski definition) is 0. The number of rotatable bonds is 5. The van der Waals surface area contributed by atoms with Gasteiger partial charge < -0.3 is 14.4 Å². The summed E-state index contributed by atoms with van der Waals surface area (Å²) in [5.41, 5.74) is 4.96. The molecule has 1 amide bonds. The van der Waals surface area contributed by atoms with Crippen LogP contribution in [-0.2, 0) is 12.8 Å². The van der Waals surface area contributed by atoms with Gasteiger partial charge in [-0.05, 0) is 62.1 Å². The molecule has 0 unspecified atom stereocenters. The number of pyridine rings is 1. The van der Waals surface area contributed by atoms with Gasteiger partial charge in [0.25, 0.3) is 5.88 Å². The number of methoxy groups -OCH3 is 1. The molecule has 0 aliphatic heterocycles. The Balaban J connectivity index is 1.85. The lowest BCUT2D eigenvalue weighted by molar-refractivity contribution is 0.155. The van der Waals surface area contributed by atoms with E-state index in [9.17, 15) is 4.79 Å². The number of hydrogen-bond acceptors (Lipinski definition) is 5. The second-order valence-corrected chi connectivity index (χ2v) is 6.81. The molecule has 0 saturated heterocycles. The molecule has 0 fully saturated rings. The van der Waals surface area contributed by atoms with Crippen molar-refractivity contribution in [1.82, 2.24) is 19.7 Å². The fourth-order valence-electron chi connectivity index (χ4n) is 3.73. The summed E-state index contributed by atoms with van der Waals surface area (Å²) in [5.74, 6) is 1.15. The van der Waals surface area contributed by atoms with Crippen LogP contribution in [-0.4, -0.2) is 46.0 Å². The summed E-state index contributed by atoms with van der Waals surface area (Å²) >= 11 is 0. The van der Waals surface area contributed by atoms with Crippen LogP contribution in [0.4, 0.5) is 4.79 Å². The molecule has 1 aliphatic rings. The summed E-state index contributed by atoms with van der Waals surface area (Å²) in [6.07, 6.45) is 4.71. The van der Waals surface area contributed by atoms with Crippen LogP contribution >= 0.6 is 0 Å². The maximum atomic E-state index is 12.6. The fraction of sp³-hybridized carbons (Fsp3) is 0.318. The summed E-state index contributed by atoms with van der Waals surface area (Å²) in [4.78, 5) is 18.4. The molecule has 7 heteroatoms. The van der Waals surface area contributed by atoms with Crippen LogP contribution in [0.5, 0.6) is 11.6 Å². The van der Waals surface area contributed by atoms with Gasteiger partial charge in [-0.1, -0.05) is 6.07 Å². The Morgan fingerprint density at radius 1 is 1.14 bits per heavy atom. The zero-order valence-corrected chi connectivity index (χ0v) is 16.9. The molecule has 1 aromatic carbocycles. The van der Waals surface area contributed by atoms with Gasteiger partial charge in [-0.2, -0.15) is 0 Å². The first-order valence-electron chi connectivity index (χ1n) is 9.82. The van der Waals surface area contributed by atoms with E-state index >= 15 is 0 Å². The summed E-state index contributed by atoms with van der Waals surface area (Å²) in [6, 6.07) is 9.77. The summed E-state index contributed by atoms with van der Waals surface area (Å²) in [6.45, 7) is 5.02. The molecule has 4 rings (SSSR count). The van der Waals surface area contributed by atoms with Crippen molar-refractivity contribution < 1.29 is 14.3 Å². The molecular weight excluding hydrogens is 368 g/mol. The number of fused-ring (bicyclic) bond motifs is 3. The number of ether oxygens (including phenoxy) is 2. The molecule has 2 heterocycles. The van der Waals surface area contributed by atoms with Gasteiger partial charge in [-0.15, -0.1) is 5.10 Å². The largest absolute Gasteiger partial charge is 0.497 e. The molecule has 0 atom stereocenters. The molecule has 150 valence electrons. The molecular formula is C22H24N4O3. The summed E-state index contributed by atoms with van der Waals surface area (Å²) < 4.78 is 13.0. The highest BCUT2D eigenvalue weighted by molar-refractivity contribution is 5.81.